The number of benzene rings is 1. The molecule has 7 heteroatoms. The van der Waals surface area contributed by atoms with E-state index in [1.54, 1.807) is 26.4 Å². The number of amides is 1. The normalized spacial score (nSPS) is 20.6. The topological polar surface area (TPSA) is 75.8 Å². The quantitative estimate of drug-likeness (QED) is 0.794. The van der Waals surface area contributed by atoms with Gasteiger partial charge in [0, 0.05) is 5.56 Å². The van der Waals surface area contributed by atoms with Crippen LogP contribution in [0.1, 0.15) is 31.2 Å². The van der Waals surface area contributed by atoms with Crippen molar-refractivity contribution in [2.24, 2.45) is 15.1 Å². The van der Waals surface area contributed by atoms with Crippen LogP contribution in [-0.4, -0.2) is 42.5 Å². The van der Waals surface area contributed by atoms with E-state index in [0.717, 1.165) is 42.7 Å². The van der Waals surface area contributed by atoms with Crippen molar-refractivity contribution in [3.05, 3.63) is 29.5 Å². The molecule has 1 fully saturated rings. The Morgan fingerprint density at radius 1 is 1.08 bits per heavy atom. The molecule has 1 aliphatic carbocycles. The summed E-state index contributed by atoms with van der Waals surface area (Å²) in [5.41, 5.74) is 2.99. The van der Waals surface area contributed by atoms with Gasteiger partial charge in [-0.05, 0) is 37.8 Å². The molecule has 2 heterocycles. The van der Waals surface area contributed by atoms with Crippen molar-refractivity contribution in [1.29, 1.82) is 0 Å². The Balaban J connectivity index is 1.75. The minimum Gasteiger partial charge on any atom is -0.493 e. The standard InChI is InChI=1S/C18H18N4O3/c1-24-15-9-5-6-11(16(15)25-2)10-14-17(23)20-18-19-12-7-3-4-8-13(12)21-22(14)18/h5-6,9-10H,3-4,7-8H2,1-2H3. The van der Waals surface area contributed by atoms with Gasteiger partial charge in [-0.25, -0.2) is 4.99 Å². The number of hydrazone groups is 1. The summed E-state index contributed by atoms with van der Waals surface area (Å²) in [4.78, 5) is 21.0. The zero-order valence-electron chi connectivity index (χ0n) is 14.2. The van der Waals surface area contributed by atoms with Gasteiger partial charge in [-0.1, -0.05) is 12.1 Å². The van der Waals surface area contributed by atoms with Crippen molar-refractivity contribution >= 4 is 29.4 Å². The Labute approximate surface area is 145 Å². The third-order valence-electron chi connectivity index (χ3n) is 4.43. The van der Waals surface area contributed by atoms with Gasteiger partial charge in [0.2, 0.25) is 0 Å². The van der Waals surface area contributed by atoms with Gasteiger partial charge >= 0.3 is 0 Å². The highest BCUT2D eigenvalue weighted by Gasteiger charge is 2.34. The summed E-state index contributed by atoms with van der Waals surface area (Å²) in [5, 5.41) is 6.15. The van der Waals surface area contributed by atoms with Crippen molar-refractivity contribution in [3.8, 4) is 11.5 Å². The number of carbonyl (C=O) groups excluding carboxylic acids is 1. The lowest BCUT2D eigenvalue weighted by molar-refractivity contribution is -0.114. The summed E-state index contributed by atoms with van der Waals surface area (Å²) >= 11 is 0. The fourth-order valence-electron chi connectivity index (χ4n) is 3.20. The van der Waals surface area contributed by atoms with E-state index < -0.39 is 0 Å². The molecule has 3 aliphatic rings. The fourth-order valence-corrected chi connectivity index (χ4v) is 3.20. The number of nitrogens with zero attached hydrogens (tertiary/aromatic N) is 4. The highest BCUT2D eigenvalue weighted by molar-refractivity contribution is 6.45. The van der Waals surface area contributed by atoms with Crippen LogP contribution < -0.4 is 9.47 Å². The number of para-hydroxylation sites is 1. The van der Waals surface area contributed by atoms with Crippen molar-refractivity contribution in [3.63, 3.8) is 0 Å². The molecule has 1 aromatic carbocycles. The third kappa shape index (κ3) is 2.61. The van der Waals surface area contributed by atoms with Crippen LogP contribution in [0.2, 0.25) is 0 Å². The number of hydrogen-bond donors (Lipinski definition) is 0. The molecule has 0 aromatic heterocycles. The zero-order valence-corrected chi connectivity index (χ0v) is 14.2. The second-order valence-electron chi connectivity index (χ2n) is 5.95. The lowest BCUT2D eigenvalue weighted by Crippen LogP contribution is -2.33. The van der Waals surface area contributed by atoms with E-state index in [9.17, 15) is 4.79 Å². The van der Waals surface area contributed by atoms with Crippen LogP contribution in [-0.2, 0) is 4.79 Å². The molecule has 0 spiro atoms. The summed E-state index contributed by atoms with van der Waals surface area (Å²) < 4.78 is 10.7. The number of methoxy groups -OCH3 is 2. The SMILES string of the molecule is COc1cccc(C=C2C(=O)N=C3N=C4CCCCC4=NN23)c1OC. The lowest BCUT2D eigenvalue weighted by atomic mass is 9.96. The van der Waals surface area contributed by atoms with Crippen LogP contribution in [0.3, 0.4) is 0 Å². The predicted molar refractivity (Wildman–Crippen MR) is 95.1 cm³/mol. The maximum Gasteiger partial charge on any atom is 0.299 e. The molecule has 7 nitrogen and oxygen atoms in total. The first-order valence-corrected chi connectivity index (χ1v) is 8.22. The summed E-state index contributed by atoms with van der Waals surface area (Å²) in [7, 11) is 3.14. The van der Waals surface area contributed by atoms with Crippen LogP contribution in [0.5, 0.6) is 11.5 Å². The number of aliphatic imine (C=N–C) groups is 2. The van der Waals surface area contributed by atoms with Gasteiger partial charge in [0.15, 0.2) is 11.5 Å². The van der Waals surface area contributed by atoms with Crippen LogP contribution in [0, 0.1) is 0 Å². The third-order valence-corrected chi connectivity index (χ3v) is 4.43. The molecule has 1 amide bonds. The monoisotopic (exact) mass is 338 g/mol. The van der Waals surface area contributed by atoms with E-state index in [1.807, 2.05) is 12.1 Å². The van der Waals surface area contributed by atoms with Gasteiger partial charge in [-0.15, -0.1) is 0 Å². The average Bonchev–Trinajstić information content (AvgIpc) is 2.94. The van der Waals surface area contributed by atoms with Crippen LogP contribution in [0.4, 0.5) is 0 Å². The van der Waals surface area contributed by atoms with Crippen molar-refractivity contribution in [2.75, 3.05) is 14.2 Å². The summed E-state index contributed by atoms with van der Waals surface area (Å²) in [6.07, 6.45) is 5.68. The summed E-state index contributed by atoms with van der Waals surface area (Å²) in [6.45, 7) is 0. The molecule has 0 unspecified atom stereocenters. The number of hydrogen-bond acceptors (Lipinski definition) is 6. The highest BCUT2D eigenvalue weighted by Crippen LogP contribution is 2.34. The molecular weight excluding hydrogens is 320 g/mol. The molecule has 4 rings (SSSR count). The van der Waals surface area contributed by atoms with Gasteiger partial charge in [0.05, 0.1) is 25.6 Å². The van der Waals surface area contributed by atoms with Gasteiger partial charge in [0.25, 0.3) is 11.9 Å². The first-order valence-electron chi connectivity index (χ1n) is 8.22. The number of fused-ring (bicyclic) bond motifs is 2. The van der Waals surface area contributed by atoms with E-state index in [-0.39, 0.29) is 5.91 Å². The van der Waals surface area contributed by atoms with E-state index in [2.05, 4.69) is 15.1 Å². The molecule has 0 saturated heterocycles. The van der Waals surface area contributed by atoms with Crippen molar-refractivity contribution in [1.82, 2.24) is 5.01 Å². The van der Waals surface area contributed by atoms with Crippen LogP contribution >= 0.6 is 0 Å². The molecule has 1 saturated carbocycles. The Bertz CT molecular complexity index is 867. The zero-order chi connectivity index (χ0) is 17.4. The summed E-state index contributed by atoms with van der Waals surface area (Å²) in [6, 6.07) is 5.50. The fraction of sp³-hybridized carbons (Fsp3) is 0.333. The van der Waals surface area contributed by atoms with Gasteiger partial charge in [-0.2, -0.15) is 15.1 Å². The van der Waals surface area contributed by atoms with Crippen molar-refractivity contribution in [2.45, 2.75) is 25.7 Å². The molecule has 2 aliphatic heterocycles. The second-order valence-corrected chi connectivity index (χ2v) is 5.95. The lowest BCUT2D eigenvalue weighted by Gasteiger charge is -2.24. The maximum absolute atomic E-state index is 12.4. The van der Waals surface area contributed by atoms with E-state index in [1.165, 1.54) is 5.01 Å². The minimum absolute atomic E-state index is 0.346. The Morgan fingerprint density at radius 2 is 1.88 bits per heavy atom. The largest absolute Gasteiger partial charge is 0.493 e. The minimum atomic E-state index is -0.354. The molecule has 128 valence electrons. The molecule has 1 aromatic rings. The number of guanidine groups is 1. The second kappa shape index (κ2) is 6.16. The summed E-state index contributed by atoms with van der Waals surface area (Å²) in [5.74, 6) is 1.15. The van der Waals surface area contributed by atoms with Gasteiger partial charge in [0.1, 0.15) is 5.70 Å². The average molecular weight is 338 g/mol. The Hall–Kier alpha value is -2.96. The number of ether oxygens (including phenoxy) is 2. The highest BCUT2D eigenvalue weighted by atomic mass is 16.5. The number of rotatable bonds is 3. The molecule has 0 N–H and O–H groups in total. The van der Waals surface area contributed by atoms with Crippen LogP contribution in [0.15, 0.2) is 39.0 Å². The Kier molecular flexibility index (Phi) is 3.83. The predicted octanol–water partition coefficient (Wildman–Crippen LogP) is 2.63. The Morgan fingerprint density at radius 3 is 2.64 bits per heavy atom. The van der Waals surface area contributed by atoms with Crippen LogP contribution in [0.25, 0.3) is 6.08 Å². The van der Waals surface area contributed by atoms with E-state index >= 15 is 0 Å². The first kappa shape index (κ1) is 15.6. The molecule has 0 radical (unpaired) electrons. The van der Waals surface area contributed by atoms with Gasteiger partial charge in [-0.3, -0.25) is 4.79 Å². The van der Waals surface area contributed by atoms with Gasteiger partial charge < -0.3 is 9.47 Å². The van der Waals surface area contributed by atoms with Crippen molar-refractivity contribution < 1.29 is 14.3 Å². The molecule has 0 atom stereocenters. The molecule has 25 heavy (non-hydrogen) atoms. The first-order chi connectivity index (χ1) is 12.2. The smallest absolute Gasteiger partial charge is 0.299 e. The van der Waals surface area contributed by atoms with E-state index in [0.29, 0.717) is 23.2 Å². The maximum atomic E-state index is 12.4. The molecular formula is C18H18N4O3. The molecule has 0 bridgehead atoms. The number of carbonyl (C=O) groups is 1. The van der Waals surface area contributed by atoms with E-state index in [4.69, 9.17) is 9.47 Å².